The Kier molecular flexibility index (Phi) is 5.34. The number of pyridine rings is 1. The van der Waals surface area contributed by atoms with Gasteiger partial charge in [-0.05, 0) is 47.6 Å². The van der Waals surface area contributed by atoms with Gasteiger partial charge in [0.25, 0.3) is 0 Å². The lowest BCUT2D eigenvalue weighted by Crippen LogP contribution is -2.50. The highest BCUT2D eigenvalue weighted by Gasteiger charge is 2.35. The summed E-state index contributed by atoms with van der Waals surface area (Å²) < 4.78 is 10.5. The molecule has 144 valence electrons. The minimum Gasteiger partial charge on any atom is -0.504 e. The number of carbonyl (C=O) groups excluding carboxylic acids is 2. The molecule has 0 atom stereocenters. The molecule has 0 aromatic carbocycles. The van der Waals surface area contributed by atoms with Crippen LogP contribution in [0, 0.1) is 0 Å². The first-order valence-electron chi connectivity index (χ1n) is 8.51. The summed E-state index contributed by atoms with van der Waals surface area (Å²) in [6.07, 6.45) is 0.256. The van der Waals surface area contributed by atoms with Crippen LogP contribution in [0.2, 0.25) is 0 Å². The lowest BCUT2D eigenvalue weighted by atomic mass is 9.96. The van der Waals surface area contributed by atoms with Gasteiger partial charge in [-0.1, -0.05) is 0 Å². The number of anilines is 1. The molecule has 0 saturated carbocycles. The molecular formula is C18H27N3O5. The van der Waals surface area contributed by atoms with Gasteiger partial charge in [0.05, 0.1) is 11.9 Å². The monoisotopic (exact) mass is 365 g/mol. The molecule has 0 bridgehead atoms. The number of aromatic nitrogens is 1. The molecule has 1 aliphatic rings. The summed E-state index contributed by atoms with van der Waals surface area (Å²) in [5, 5.41) is 12.4. The van der Waals surface area contributed by atoms with Crippen molar-refractivity contribution in [2.24, 2.45) is 0 Å². The Morgan fingerprint density at radius 2 is 1.73 bits per heavy atom. The molecule has 2 amide bonds. The third-order valence-electron chi connectivity index (χ3n) is 3.49. The Bertz CT molecular complexity index is 685. The molecule has 0 unspecified atom stereocenters. The van der Waals surface area contributed by atoms with Crippen molar-refractivity contribution in [1.29, 1.82) is 0 Å². The minimum absolute atomic E-state index is 0.0160. The molecule has 0 aliphatic carbocycles. The number of nitrogens with zero attached hydrogens (tertiary/aromatic N) is 2. The van der Waals surface area contributed by atoms with Crippen LogP contribution < -0.4 is 5.32 Å². The second-order valence-corrected chi connectivity index (χ2v) is 8.34. The molecule has 2 N–H and O–H groups in total. The lowest BCUT2D eigenvalue weighted by Gasteiger charge is -2.39. The maximum absolute atomic E-state index is 12.0. The van der Waals surface area contributed by atoms with Crippen molar-refractivity contribution in [2.75, 3.05) is 18.4 Å². The van der Waals surface area contributed by atoms with Crippen LogP contribution in [0.15, 0.2) is 12.3 Å². The summed E-state index contributed by atoms with van der Waals surface area (Å²) in [5.41, 5.74) is -0.283. The summed E-state index contributed by atoms with van der Waals surface area (Å²) in [7, 11) is 0. The van der Waals surface area contributed by atoms with E-state index in [0.717, 1.165) is 0 Å². The highest BCUT2D eigenvalue weighted by Crippen LogP contribution is 2.31. The molecule has 1 aromatic rings. The van der Waals surface area contributed by atoms with Gasteiger partial charge in [0, 0.05) is 24.7 Å². The Labute approximate surface area is 153 Å². The number of carbonyl (C=O) groups is 2. The molecule has 1 aliphatic heterocycles. The number of aromatic hydroxyl groups is 1. The molecule has 2 rings (SSSR count). The lowest BCUT2D eigenvalue weighted by molar-refractivity contribution is 0.00786. The predicted octanol–water partition coefficient (Wildman–Crippen LogP) is 3.47. The number of hydrogen-bond donors (Lipinski definition) is 2. The number of amides is 2. The van der Waals surface area contributed by atoms with Crippen molar-refractivity contribution in [3.8, 4) is 5.75 Å². The van der Waals surface area contributed by atoms with Crippen LogP contribution in [0.5, 0.6) is 5.75 Å². The number of rotatable bonds is 2. The van der Waals surface area contributed by atoms with Crippen LogP contribution in [0.1, 0.15) is 53.2 Å². The van der Waals surface area contributed by atoms with Crippen LogP contribution in [-0.4, -0.2) is 51.5 Å². The van der Waals surface area contributed by atoms with Crippen molar-refractivity contribution in [3.05, 3.63) is 18.0 Å². The SMILES string of the molecule is CC(C)(C)OC(=O)Nc1cc(C2CN(C(=O)OC(C)(C)C)C2)ncc1O. The first-order chi connectivity index (χ1) is 11.8. The van der Waals surface area contributed by atoms with E-state index in [1.165, 1.54) is 6.20 Å². The largest absolute Gasteiger partial charge is 0.504 e. The molecule has 1 aromatic heterocycles. The van der Waals surface area contributed by atoms with E-state index >= 15 is 0 Å². The van der Waals surface area contributed by atoms with Crippen molar-refractivity contribution in [2.45, 2.75) is 58.7 Å². The van der Waals surface area contributed by atoms with E-state index in [2.05, 4.69) is 10.3 Å². The van der Waals surface area contributed by atoms with E-state index in [9.17, 15) is 14.7 Å². The van der Waals surface area contributed by atoms with Crippen LogP contribution >= 0.6 is 0 Å². The molecule has 1 fully saturated rings. The van der Waals surface area contributed by atoms with E-state index in [-0.39, 0.29) is 23.4 Å². The van der Waals surface area contributed by atoms with Gasteiger partial charge in [-0.15, -0.1) is 0 Å². The summed E-state index contributed by atoms with van der Waals surface area (Å²) in [4.78, 5) is 29.7. The second kappa shape index (κ2) is 7.01. The third-order valence-corrected chi connectivity index (χ3v) is 3.49. The maximum Gasteiger partial charge on any atom is 0.412 e. The summed E-state index contributed by atoms with van der Waals surface area (Å²) in [6, 6.07) is 1.59. The summed E-state index contributed by atoms with van der Waals surface area (Å²) >= 11 is 0. The predicted molar refractivity (Wildman–Crippen MR) is 96.3 cm³/mol. The van der Waals surface area contributed by atoms with Gasteiger partial charge in [0.2, 0.25) is 0 Å². The van der Waals surface area contributed by atoms with Crippen LogP contribution in [0.4, 0.5) is 15.3 Å². The Morgan fingerprint density at radius 3 is 2.27 bits per heavy atom. The smallest absolute Gasteiger partial charge is 0.412 e. The van der Waals surface area contributed by atoms with E-state index in [1.807, 2.05) is 20.8 Å². The van der Waals surface area contributed by atoms with Gasteiger partial charge in [-0.25, -0.2) is 9.59 Å². The van der Waals surface area contributed by atoms with Gasteiger partial charge in [-0.3, -0.25) is 10.3 Å². The van der Waals surface area contributed by atoms with Gasteiger partial charge in [0.1, 0.15) is 11.2 Å². The quantitative estimate of drug-likeness (QED) is 0.832. The molecule has 0 radical (unpaired) electrons. The van der Waals surface area contributed by atoms with Crippen molar-refractivity contribution in [3.63, 3.8) is 0 Å². The number of likely N-dealkylation sites (tertiary alicyclic amines) is 1. The van der Waals surface area contributed by atoms with Crippen LogP contribution in [0.3, 0.4) is 0 Å². The Morgan fingerprint density at radius 1 is 1.15 bits per heavy atom. The average Bonchev–Trinajstić information content (AvgIpc) is 2.36. The molecule has 26 heavy (non-hydrogen) atoms. The normalized spacial score (nSPS) is 15.2. The van der Waals surface area contributed by atoms with Crippen molar-refractivity contribution >= 4 is 17.9 Å². The molecule has 0 spiro atoms. The topological polar surface area (TPSA) is 101 Å². The first-order valence-corrected chi connectivity index (χ1v) is 8.51. The Hall–Kier alpha value is -2.51. The molecule has 8 nitrogen and oxygen atoms in total. The molecule has 8 heteroatoms. The van der Waals surface area contributed by atoms with Crippen molar-refractivity contribution < 1.29 is 24.2 Å². The summed E-state index contributed by atoms with van der Waals surface area (Å²) in [6.45, 7) is 11.7. The molecular weight excluding hydrogens is 338 g/mol. The number of hydrogen-bond acceptors (Lipinski definition) is 6. The maximum atomic E-state index is 12.0. The fourth-order valence-corrected chi connectivity index (χ4v) is 2.34. The van der Waals surface area contributed by atoms with Gasteiger partial charge >= 0.3 is 12.2 Å². The van der Waals surface area contributed by atoms with Crippen LogP contribution in [-0.2, 0) is 9.47 Å². The van der Waals surface area contributed by atoms with Crippen LogP contribution in [0.25, 0.3) is 0 Å². The standard InChI is InChI=1S/C18H27N3O5/c1-17(2,3)25-15(23)20-13-7-12(19-8-14(13)22)11-9-21(10-11)16(24)26-18(4,5)6/h7-8,11,22H,9-10H2,1-6H3,(H,19,20,23). The third kappa shape index (κ3) is 5.50. The molecule has 1 saturated heterocycles. The van der Waals surface area contributed by atoms with E-state index in [1.54, 1.807) is 31.7 Å². The zero-order valence-corrected chi connectivity index (χ0v) is 16.1. The fourth-order valence-electron chi connectivity index (χ4n) is 2.34. The number of nitrogens with one attached hydrogen (secondary N) is 1. The highest BCUT2D eigenvalue weighted by molar-refractivity contribution is 5.86. The summed E-state index contributed by atoms with van der Waals surface area (Å²) in [5.74, 6) is -0.134. The van der Waals surface area contributed by atoms with Crippen molar-refractivity contribution in [1.82, 2.24) is 9.88 Å². The van der Waals surface area contributed by atoms with E-state index in [4.69, 9.17) is 9.47 Å². The van der Waals surface area contributed by atoms with Gasteiger partial charge < -0.3 is 19.5 Å². The zero-order chi connectivity index (χ0) is 19.7. The average molecular weight is 365 g/mol. The second-order valence-electron chi connectivity index (χ2n) is 8.34. The van der Waals surface area contributed by atoms with Gasteiger partial charge in [0.15, 0.2) is 5.75 Å². The van der Waals surface area contributed by atoms with E-state index < -0.39 is 17.3 Å². The van der Waals surface area contributed by atoms with E-state index in [0.29, 0.717) is 18.8 Å². The molecule has 2 heterocycles. The zero-order valence-electron chi connectivity index (χ0n) is 16.1. The fraction of sp³-hybridized carbons (Fsp3) is 0.611. The number of ether oxygens (including phenoxy) is 2. The first kappa shape index (κ1) is 19.8. The highest BCUT2D eigenvalue weighted by atomic mass is 16.6. The van der Waals surface area contributed by atoms with Gasteiger partial charge in [-0.2, -0.15) is 0 Å². The Balaban J connectivity index is 1.98. The minimum atomic E-state index is -0.658.